The number of nitrogens with zero attached hydrogens (tertiary/aromatic N) is 1. The van der Waals surface area contributed by atoms with Gasteiger partial charge in [0.2, 0.25) is 0 Å². The fraction of sp³-hybridized carbons (Fsp3) is 0.250. The fourth-order valence-corrected chi connectivity index (χ4v) is 2.98. The molecular weight excluding hydrogens is 366 g/mol. The second kappa shape index (κ2) is 6.55. The summed E-state index contributed by atoms with van der Waals surface area (Å²) in [7, 11) is 0. The van der Waals surface area contributed by atoms with Gasteiger partial charge >= 0.3 is 0 Å². The zero-order valence-electron chi connectivity index (χ0n) is 12.4. The lowest BCUT2D eigenvalue weighted by atomic mass is 10.1. The quantitative estimate of drug-likeness (QED) is 0.590. The minimum atomic E-state index is -0.430. The van der Waals surface area contributed by atoms with Gasteiger partial charge in [-0.1, -0.05) is 6.07 Å². The highest BCUT2D eigenvalue weighted by Gasteiger charge is 2.21. The van der Waals surface area contributed by atoms with Gasteiger partial charge in [0.05, 0.1) is 16.0 Å². The first-order valence-electron chi connectivity index (χ1n) is 6.94. The van der Waals surface area contributed by atoms with Crippen molar-refractivity contribution in [1.29, 1.82) is 0 Å². The number of nitro groups is 1. The van der Waals surface area contributed by atoms with Crippen molar-refractivity contribution in [3.8, 4) is 11.5 Å². The molecule has 0 radical (unpaired) electrons. The molecule has 0 aliphatic carbocycles. The van der Waals surface area contributed by atoms with Crippen molar-refractivity contribution in [2.24, 2.45) is 0 Å². The highest BCUT2D eigenvalue weighted by molar-refractivity contribution is 9.10. The number of nitro benzene ring substituents is 1. The number of ether oxygens (including phenoxy) is 3. The number of fused-ring (bicyclic) bond motifs is 1. The van der Waals surface area contributed by atoms with Gasteiger partial charge in [0.15, 0.2) is 6.79 Å². The number of non-ortho nitro benzene ring substituents is 1. The van der Waals surface area contributed by atoms with Crippen LogP contribution in [0.4, 0.5) is 5.69 Å². The maximum atomic E-state index is 11.1. The Morgan fingerprint density at radius 3 is 2.91 bits per heavy atom. The average Bonchev–Trinajstić information content (AvgIpc) is 2.53. The van der Waals surface area contributed by atoms with Crippen molar-refractivity contribution in [3.05, 3.63) is 61.6 Å². The number of aryl methyl sites for hydroxylation is 1. The number of hydrogen-bond donors (Lipinski definition) is 0. The molecule has 0 N–H and O–H groups in total. The summed E-state index contributed by atoms with van der Waals surface area (Å²) in [5.41, 5.74) is 2.40. The van der Waals surface area contributed by atoms with Crippen LogP contribution in [0.25, 0.3) is 0 Å². The average molecular weight is 380 g/mol. The Kier molecular flexibility index (Phi) is 4.49. The zero-order chi connectivity index (χ0) is 16.4. The van der Waals surface area contributed by atoms with Crippen LogP contribution in [0.2, 0.25) is 0 Å². The van der Waals surface area contributed by atoms with Gasteiger partial charge in [-0.3, -0.25) is 10.1 Å². The minimum absolute atomic E-state index is 0.000535. The van der Waals surface area contributed by atoms with Crippen LogP contribution < -0.4 is 9.47 Å². The zero-order valence-corrected chi connectivity index (χ0v) is 14.0. The molecule has 2 aromatic rings. The Bertz CT molecular complexity index is 762. The van der Waals surface area contributed by atoms with E-state index in [0.717, 1.165) is 10.0 Å². The predicted octanol–water partition coefficient (Wildman–Crippen LogP) is 4.11. The van der Waals surface area contributed by atoms with E-state index in [1.807, 2.05) is 25.1 Å². The Balaban J connectivity index is 1.89. The van der Waals surface area contributed by atoms with E-state index in [1.165, 1.54) is 12.1 Å². The summed E-state index contributed by atoms with van der Waals surface area (Å²) in [6.45, 7) is 2.58. The number of benzene rings is 2. The first-order valence-corrected chi connectivity index (χ1v) is 7.73. The molecule has 1 aliphatic heterocycles. The van der Waals surface area contributed by atoms with Gasteiger partial charge in [-0.15, -0.1) is 0 Å². The molecule has 0 saturated carbocycles. The van der Waals surface area contributed by atoms with Crippen LogP contribution in [0, 0.1) is 17.0 Å². The van der Waals surface area contributed by atoms with Crippen LogP contribution in [0.1, 0.15) is 16.7 Å². The summed E-state index contributed by atoms with van der Waals surface area (Å²) < 4.78 is 17.3. The molecule has 0 spiro atoms. The summed E-state index contributed by atoms with van der Waals surface area (Å²) >= 11 is 3.45. The summed E-state index contributed by atoms with van der Waals surface area (Å²) in [6.07, 6.45) is 0. The van der Waals surface area contributed by atoms with Crippen molar-refractivity contribution in [3.63, 3.8) is 0 Å². The molecule has 0 fully saturated rings. The van der Waals surface area contributed by atoms with E-state index in [0.29, 0.717) is 22.6 Å². The second-order valence-corrected chi connectivity index (χ2v) is 6.04. The molecule has 0 amide bonds. The molecule has 0 aromatic heterocycles. The first-order chi connectivity index (χ1) is 11.0. The van der Waals surface area contributed by atoms with E-state index in [-0.39, 0.29) is 25.7 Å². The Morgan fingerprint density at radius 2 is 2.17 bits per heavy atom. The first kappa shape index (κ1) is 15.8. The van der Waals surface area contributed by atoms with Crippen LogP contribution in [-0.4, -0.2) is 11.7 Å². The summed E-state index contributed by atoms with van der Waals surface area (Å²) in [4.78, 5) is 10.7. The summed E-state index contributed by atoms with van der Waals surface area (Å²) in [6, 6.07) is 8.69. The van der Waals surface area contributed by atoms with Gasteiger partial charge in [-0.25, -0.2) is 0 Å². The third-order valence-corrected chi connectivity index (χ3v) is 4.07. The lowest BCUT2D eigenvalue weighted by Gasteiger charge is -2.20. The smallest absolute Gasteiger partial charge is 0.270 e. The molecule has 120 valence electrons. The summed E-state index contributed by atoms with van der Waals surface area (Å²) in [5, 5.41) is 11.1. The van der Waals surface area contributed by atoms with E-state index in [4.69, 9.17) is 14.2 Å². The summed E-state index contributed by atoms with van der Waals surface area (Å²) in [5.74, 6) is 1.27. The molecule has 0 atom stereocenters. The molecule has 3 rings (SSSR count). The fourth-order valence-electron chi connectivity index (χ4n) is 2.37. The van der Waals surface area contributed by atoms with E-state index in [1.54, 1.807) is 0 Å². The molecule has 7 heteroatoms. The molecule has 1 heterocycles. The van der Waals surface area contributed by atoms with E-state index in [9.17, 15) is 10.1 Å². The lowest BCUT2D eigenvalue weighted by molar-refractivity contribution is -0.385. The highest BCUT2D eigenvalue weighted by atomic mass is 79.9. The molecule has 0 unspecified atom stereocenters. The Hall–Kier alpha value is -2.12. The van der Waals surface area contributed by atoms with Crippen molar-refractivity contribution in [1.82, 2.24) is 0 Å². The molecule has 2 aromatic carbocycles. The van der Waals surface area contributed by atoms with E-state index >= 15 is 0 Å². The maximum absolute atomic E-state index is 11.1. The van der Waals surface area contributed by atoms with Crippen LogP contribution in [0.3, 0.4) is 0 Å². The number of hydrogen-bond acceptors (Lipinski definition) is 5. The van der Waals surface area contributed by atoms with Crippen LogP contribution in [0.5, 0.6) is 11.5 Å². The number of rotatable bonds is 4. The largest absolute Gasteiger partial charge is 0.488 e. The van der Waals surface area contributed by atoms with Crippen LogP contribution in [-0.2, 0) is 18.0 Å². The van der Waals surface area contributed by atoms with Crippen molar-refractivity contribution in [2.45, 2.75) is 20.1 Å². The van der Waals surface area contributed by atoms with Crippen LogP contribution >= 0.6 is 15.9 Å². The maximum Gasteiger partial charge on any atom is 0.270 e. The molecule has 6 nitrogen and oxygen atoms in total. The van der Waals surface area contributed by atoms with Crippen molar-refractivity contribution >= 4 is 21.6 Å². The van der Waals surface area contributed by atoms with Crippen molar-refractivity contribution in [2.75, 3.05) is 6.79 Å². The third kappa shape index (κ3) is 3.46. The molecular formula is C16H14BrNO5. The Labute approximate surface area is 141 Å². The molecule has 0 saturated heterocycles. The molecule has 23 heavy (non-hydrogen) atoms. The normalized spacial score (nSPS) is 13.1. The van der Waals surface area contributed by atoms with Crippen LogP contribution in [0.15, 0.2) is 34.8 Å². The SMILES string of the molecule is Cc1ccc(OCc2cc([N+](=O)[O-])cc3c2OCOC3)c(Br)c1. The van der Waals surface area contributed by atoms with Gasteiger partial charge in [0.1, 0.15) is 18.1 Å². The predicted molar refractivity (Wildman–Crippen MR) is 86.6 cm³/mol. The second-order valence-electron chi connectivity index (χ2n) is 5.18. The molecule has 0 bridgehead atoms. The van der Waals surface area contributed by atoms with Gasteiger partial charge in [-0.2, -0.15) is 0 Å². The Morgan fingerprint density at radius 1 is 1.35 bits per heavy atom. The highest BCUT2D eigenvalue weighted by Crippen LogP contribution is 2.34. The van der Waals surface area contributed by atoms with Gasteiger partial charge in [0.25, 0.3) is 5.69 Å². The van der Waals surface area contributed by atoms with Gasteiger partial charge in [-0.05, 0) is 40.5 Å². The van der Waals surface area contributed by atoms with Gasteiger partial charge < -0.3 is 14.2 Å². The van der Waals surface area contributed by atoms with Crippen molar-refractivity contribution < 1.29 is 19.1 Å². The molecule has 1 aliphatic rings. The van der Waals surface area contributed by atoms with Gasteiger partial charge in [0, 0.05) is 23.3 Å². The topological polar surface area (TPSA) is 70.8 Å². The lowest BCUT2D eigenvalue weighted by Crippen LogP contribution is -2.14. The van der Waals surface area contributed by atoms with E-state index < -0.39 is 4.92 Å². The van der Waals surface area contributed by atoms with E-state index in [2.05, 4.69) is 15.9 Å². The standard InChI is InChI=1S/C16H14BrNO5/c1-10-2-3-15(14(17)4-10)22-8-12-6-13(18(19)20)5-11-7-21-9-23-16(11)12/h2-6H,7-9H2,1H3. The number of halogens is 1. The monoisotopic (exact) mass is 379 g/mol. The third-order valence-electron chi connectivity index (χ3n) is 3.45. The minimum Gasteiger partial charge on any atom is -0.488 e.